The number of nitriles is 1. The molecule has 5 rings (SSSR count). The predicted octanol–water partition coefficient (Wildman–Crippen LogP) is 1.84. The van der Waals surface area contributed by atoms with Crippen LogP contribution in [-0.4, -0.2) is 16.1 Å². The number of halogens is 1. The van der Waals surface area contributed by atoms with Gasteiger partial charge in [-0.25, -0.2) is 0 Å². The van der Waals surface area contributed by atoms with Crippen LogP contribution in [0.3, 0.4) is 0 Å². The van der Waals surface area contributed by atoms with Crippen molar-refractivity contribution in [1.29, 1.82) is 5.26 Å². The molecule has 0 spiro atoms. The van der Waals surface area contributed by atoms with Crippen LogP contribution in [0.4, 0.5) is 0 Å². The Hall–Kier alpha value is 0.180. The zero-order valence-electron chi connectivity index (χ0n) is 8.21. The van der Waals surface area contributed by atoms with E-state index in [1.165, 1.54) is 6.42 Å². The molecule has 6 bridgehead atoms. The van der Waals surface area contributed by atoms with Crippen molar-refractivity contribution in [2.75, 3.05) is 0 Å². The van der Waals surface area contributed by atoms with Gasteiger partial charge in [0.05, 0.1) is 24.2 Å². The number of ether oxygens (including phenoxy) is 1. The van der Waals surface area contributed by atoms with Gasteiger partial charge in [-0.2, -0.15) is 5.26 Å². The maximum atomic E-state index is 9.40. The molecule has 15 heavy (non-hydrogen) atoms. The Kier molecular flexibility index (Phi) is 1.24. The molecule has 0 N–H and O–H groups in total. The molecule has 1 heterocycles. The minimum atomic E-state index is 0.377. The van der Waals surface area contributed by atoms with Crippen molar-refractivity contribution in [2.45, 2.75) is 22.6 Å². The molecule has 0 aromatic carbocycles. The molecule has 10 atom stereocenters. The first-order valence-electron chi connectivity index (χ1n) is 6.02. The van der Waals surface area contributed by atoms with Crippen LogP contribution in [0.25, 0.3) is 0 Å². The number of hydrogen-bond donors (Lipinski definition) is 0. The second-order valence-corrected chi connectivity index (χ2v) is 7.46. The van der Waals surface area contributed by atoms with Crippen LogP contribution in [0.15, 0.2) is 0 Å². The second kappa shape index (κ2) is 2.24. The molecule has 1 aliphatic heterocycles. The first kappa shape index (κ1) is 8.30. The van der Waals surface area contributed by atoms with Gasteiger partial charge in [0, 0.05) is 9.84 Å². The molecular weight excluding hydrogens is 301 g/mol. The van der Waals surface area contributed by atoms with E-state index in [4.69, 9.17) is 4.74 Å². The maximum absolute atomic E-state index is 9.40. The zero-order valence-corrected chi connectivity index (χ0v) is 10.4. The van der Waals surface area contributed by atoms with Gasteiger partial charge in [0.15, 0.2) is 0 Å². The lowest BCUT2D eigenvalue weighted by molar-refractivity contribution is -0.0446. The van der Waals surface area contributed by atoms with Gasteiger partial charge in [-0.15, -0.1) is 0 Å². The summed E-state index contributed by atoms with van der Waals surface area (Å²) in [6.45, 7) is 0. The van der Waals surface area contributed by atoms with Crippen LogP contribution < -0.4 is 0 Å². The third-order valence-corrected chi connectivity index (χ3v) is 7.72. The van der Waals surface area contributed by atoms with Gasteiger partial charge in [-0.1, -0.05) is 22.6 Å². The fraction of sp³-hybridized carbons (Fsp3) is 0.917. The molecule has 0 unspecified atom stereocenters. The lowest BCUT2D eigenvalue weighted by atomic mass is 9.68. The van der Waals surface area contributed by atoms with E-state index in [0.717, 1.165) is 33.5 Å². The Morgan fingerprint density at radius 2 is 2.00 bits per heavy atom. The van der Waals surface area contributed by atoms with E-state index in [9.17, 15) is 5.26 Å². The van der Waals surface area contributed by atoms with Crippen LogP contribution in [0, 0.1) is 52.8 Å². The Balaban J connectivity index is 1.78. The van der Waals surface area contributed by atoms with Gasteiger partial charge < -0.3 is 4.74 Å². The van der Waals surface area contributed by atoms with Gasteiger partial charge in [-0.3, -0.25) is 0 Å². The molecule has 5 fully saturated rings. The first-order valence-corrected chi connectivity index (χ1v) is 7.26. The molecule has 0 amide bonds. The van der Waals surface area contributed by atoms with E-state index in [-0.39, 0.29) is 0 Å². The number of alkyl halides is 1. The van der Waals surface area contributed by atoms with E-state index < -0.39 is 0 Å². The van der Waals surface area contributed by atoms with Gasteiger partial charge in [0.2, 0.25) is 0 Å². The second-order valence-electron chi connectivity index (χ2n) is 6.02. The fourth-order valence-corrected chi connectivity index (χ4v) is 7.89. The Bertz CT molecular complexity index is 403. The van der Waals surface area contributed by atoms with Crippen molar-refractivity contribution < 1.29 is 4.74 Å². The Morgan fingerprint density at radius 1 is 1.13 bits per heavy atom. The van der Waals surface area contributed by atoms with Crippen LogP contribution in [0.5, 0.6) is 0 Å². The molecule has 3 heteroatoms. The lowest BCUT2D eigenvalue weighted by Gasteiger charge is -2.41. The summed E-state index contributed by atoms with van der Waals surface area (Å²) >= 11 is 2.62. The topological polar surface area (TPSA) is 33.0 Å². The van der Waals surface area contributed by atoms with Gasteiger partial charge in [0.1, 0.15) is 0 Å². The monoisotopic (exact) mass is 313 g/mol. The fourth-order valence-electron chi connectivity index (χ4n) is 6.02. The summed E-state index contributed by atoms with van der Waals surface area (Å²) < 4.78 is 6.92. The minimum Gasteiger partial charge on any atom is -0.374 e. The smallest absolute Gasteiger partial charge is 0.0662 e. The summed E-state index contributed by atoms with van der Waals surface area (Å²) in [5.41, 5.74) is 0. The molecule has 4 saturated carbocycles. The summed E-state index contributed by atoms with van der Waals surface area (Å²) in [5, 5.41) is 9.40. The summed E-state index contributed by atoms with van der Waals surface area (Å²) in [4.78, 5) is 0. The molecule has 2 nitrogen and oxygen atoms in total. The largest absolute Gasteiger partial charge is 0.374 e. The molecule has 0 aromatic heterocycles. The minimum absolute atomic E-state index is 0.377. The van der Waals surface area contributed by atoms with E-state index in [1.54, 1.807) is 0 Å². The van der Waals surface area contributed by atoms with Crippen molar-refractivity contribution in [3.05, 3.63) is 0 Å². The van der Waals surface area contributed by atoms with E-state index in [0.29, 0.717) is 24.0 Å². The number of nitrogens with zero attached hydrogens (tertiary/aromatic N) is 1. The lowest BCUT2D eigenvalue weighted by Crippen LogP contribution is -2.43. The standard InChI is InChI=1S/C12H12INO/c13-11-7-4(2-14)6-3-1-5-9(6)10(7)12(15-5)8(3)11/h3-12H,1H2/t3-,4-,5+,6+,7-,8+,9+,10+,11+,12+/m0/s1. The van der Waals surface area contributed by atoms with Crippen molar-refractivity contribution in [1.82, 2.24) is 0 Å². The van der Waals surface area contributed by atoms with E-state index in [1.807, 2.05) is 0 Å². The number of rotatable bonds is 0. The average Bonchev–Trinajstić information content (AvgIpc) is 2.83. The Labute approximate surface area is 102 Å². The van der Waals surface area contributed by atoms with E-state index in [2.05, 4.69) is 28.7 Å². The van der Waals surface area contributed by atoms with Crippen LogP contribution >= 0.6 is 22.6 Å². The zero-order chi connectivity index (χ0) is 9.89. The highest BCUT2D eigenvalue weighted by atomic mass is 127. The van der Waals surface area contributed by atoms with Crippen LogP contribution in [0.1, 0.15) is 6.42 Å². The molecule has 1 saturated heterocycles. The summed E-state index contributed by atoms with van der Waals surface area (Å²) in [7, 11) is 0. The SMILES string of the molecule is N#C[C@@H]1[C@@H]2[C@@H](I)[C@H]3[C@H]4C[C@H]5O[C@H]3[C@H]2[C@H]5[C@@H]14. The molecule has 5 aliphatic rings. The van der Waals surface area contributed by atoms with Crippen molar-refractivity contribution in [3.63, 3.8) is 0 Å². The molecule has 0 aromatic rings. The van der Waals surface area contributed by atoms with E-state index >= 15 is 0 Å². The highest BCUT2D eigenvalue weighted by Gasteiger charge is 2.79. The first-order chi connectivity index (χ1) is 7.33. The van der Waals surface area contributed by atoms with Crippen LogP contribution in [-0.2, 0) is 4.74 Å². The number of hydrogen-bond acceptors (Lipinski definition) is 2. The predicted molar refractivity (Wildman–Crippen MR) is 61.1 cm³/mol. The van der Waals surface area contributed by atoms with Crippen molar-refractivity contribution >= 4 is 22.6 Å². The highest BCUT2D eigenvalue weighted by Crippen LogP contribution is 2.76. The van der Waals surface area contributed by atoms with Crippen LogP contribution in [0.2, 0.25) is 0 Å². The van der Waals surface area contributed by atoms with Crippen molar-refractivity contribution in [2.24, 2.45) is 41.4 Å². The molecule has 4 aliphatic carbocycles. The van der Waals surface area contributed by atoms with Crippen molar-refractivity contribution in [3.8, 4) is 6.07 Å². The normalized spacial score (nSPS) is 75.7. The van der Waals surface area contributed by atoms with Gasteiger partial charge in [-0.05, 0) is 36.0 Å². The Morgan fingerprint density at radius 3 is 2.80 bits per heavy atom. The van der Waals surface area contributed by atoms with Gasteiger partial charge >= 0.3 is 0 Å². The maximum Gasteiger partial charge on any atom is 0.0662 e. The summed E-state index contributed by atoms with van der Waals surface area (Å²) in [6, 6.07) is 2.64. The molecule has 0 radical (unpaired) electrons. The molecular formula is C12H12INO. The third-order valence-electron chi connectivity index (χ3n) is 6.06. The van der Waals surface area contributed by atoms with Gasteiger partial charge in [0.25, 0.3) is 0 Å². The third kappa shape index (κ3) is 0.621. The number of fused-ring (bicyclic) bond motifs is 1. The summed E-state index contributed by atoms with van der Waals surface area (Å²) in [5.74, 6) is 5.00. The quantitative estimate of drug-likeness (QED) is 0.505. The molecule has 78 valence electrons. The average molecular weight is 313 g/mol. The summed E-state index contributed by atoms with van der Waals surface area (Å²) in [6.07, 6.45) is 2.38. The highest BCUT2D eigenvalue weighted by molar-refractivity contribution is 14.1.